The zero-order valence-corrected chi connectivity index (χ0v) is 13.0. The molecule has 1 unspecified atom stereocenters. The van der Waals surface area contributed by atoms with Gasteiger partial charge in [-0.15, -0.1) is 0 Å². The first-order valence-electron chi connectivity index (χ1n) is 6.91. The molecule has 0 saturated heterocycles. The van der Waals surface area contributed by atoms with Gasteiger partial charge in [0.2, 0.25) is 0 Å². The van der Waals surface area contributed by atoms with Crippen LogP contribution in [-0.4, -0.2) is 47.6 Å². The van der Waals surface area contributed by atoms with Crippen molar-refractivity contribution in [3.8, 4) is 0 Å². The summed E-state index contributed by atoms with van der Waals surface area (Å²) in [5, 5.41) is 12.5. The average molecular weight is 279 g/mol. The first kappa shape index (κ1) is 16.4. The molecule has 1 aromatic heterocycles. The molecule has 1 aromatic rings. The Morgan fingerprint density at radius 2 is 2.05 bits per heavy atom. The highest BCUT2D eigenvalue weighted by atomic mass is 16.4. The van der Waals surface area contributed by atoms with Gasteiger partial charge in [0, 0.05) is 18.3 Å². The van der Waals surface area contributed by atoms with Gasteiger partial charge in [-0.2, -0.15) is 0 Å². The summed E-state index contributed by atoms with van der Waals surface area (Å²) in [6.45, 7) is 7.02. The van der Waals surface area contributed by atoms with Gasteiger partial charge in [0.15, 0.2) is 0 Å². The van der Waals surface area contributed by atoms with Crippen molar-refractivity contribution in [3.63, 3.8) is 0 Å². The fourth-order valence-corrected chi connectivity index (χ4v) is 2.22. The normalized spacial score (nSPS) is 12.8. The van der Waals surface area contributed by atoms with Crippen LogP contribution in [0.15, 0.2) is 12.1 Å². The van der Waals surface area contributed by atoms with Gasteiger partial charge in [-0.25, -0.2) is 9.78 Å². The molecule has 5 heteroatoms. The Labute approximate surface area is 121 Å². The van der Waals surface area contributed by atoms with Crippen molar-refractivity contribution < 1.29 is 9.90 Å². The molecule has 0 aliphatic carbocycles. The van der Waals surface area contributed by atoms with Gasteiger partial charge < -0.3 is 15.3 Å². The van der Waals surface area contributed by atoms with Crippen molar-refractivity contribution >= 4 is 11.8 Å². The molecule has 0 aromatic carbocycles. The maximum absolute atomic E-state index is 11.3. The number of rotatable bonds is 7. The number of aromatic nitrogens is 1. The van der Waals surface area contributed by atoms with Crippen LogP contribution in [0.2, 0.25) is 0 Å². The van der Waals surface area contributed by atoms with Gasteiger partial charge >= 0.3 is 5.97 Å². The number of hydrogen-bond acceptors (Lipinski definition) is 4. The number of carboxylic acid groups (broad SMARTS) is 1. The van der Waals surface area contributed by atoms with E-state index in [1.165, 1.54) is 0 Å². The van der Waals surface area contributed by atoms with Crippen LogP contribution in [0.4, 0.5) is 5.82 Å². The van der Waals surface area contributed by atoms with Crippen LogP contribution in [0.25, 0.3) is 0 Å². The third-order valence-corrected chi connectivity index (χ3v) is 2.95. The lowest BCUT2D eigenvalue weighted by atomic mass is 10.0. The lowest BCUT2D eigenvalue weighted by molar-refractivity contribution is 0.0697. The monoisotopic (exact) mass is 279 g/mol. The molecule has 0 radical (unpaired) electrons. The van der Waals surface area contributed by atoms with Gasteiger partial charge in [-0.3, -0.25) is 0 Å². The quantitative estimate of drug-likeness (QED) is 0.802. The molecule has 0 saturated carbocycles. The second-order valence-electron chi connectivity index (χ2n) is 5.89. The number of carbonyl (C=O) groups is 1. The number of pyridine rings is 1. The van der Waals surface area contributed by atoms with E-state index in [0.717, 1.165) is 18.7 Å². The molecule has 2 N–H and O–H groups in total. The van der Waals surface area contributed by atoms with E-state index in [2.05, 4.69) is 29.0 Å². The van der Waals surface area contributed by atoms with Gasteiger partial charge in [-0.05, 0) is 45.5 Å². The highest BCUT2D eigenvalue weighted by Crippen LogP contribution is 2.17. The first-order valence-corrected chi connectivity index (χ1v) is 6.91. The van der Waals surface area contributed by atoms with E-state index in [1.807, 2.05) is 21.0 Å². The standard InChI is InChI=1S/C15H25N3O2/c1-10(2)8-12(9-18(4)5)17-14-13(15(19)20)7-6-11(3)16-14/h6-7,10,12H,8-9H2,1-5H3,(H,16,17)(H,19,20). The second-order valence-corrected chi connectivity index (χ2v) is 5.89. The number of aryl methyl sites for hydroxylation is 1. The van der Waals surface area contributed by atoms with E-state index in [9.17, 15) is 9.90 Å². The maximum Gasteiger partial charge on any atom is 0.339 e. The van der Waals surface area contributed by atoms with Gasteiger partial charge in [0.05, 0.1) is 0 Å². The van der Waals surface area contributed by atoms with Crippen molar-refractivity contribution in [3.05, 3.63) is 23.4 Å². The van der Waals surface area contributed by atoms with E-state index in [1.54, 1.807) is 12.1 Å². The zero-order valence-electron chi connectivity index (χ0n) is 13.0. The van der Waals surface area contributed by atoms with Crippen LogP contribution in [-0.2, 0) is 0 Å². The first-order chi connectivity index (χ1) is 9.29. The highest BCUT2D eigenvalue weighted by Gasteiger charge is 2.17. The van der Waals surface area contributed by atoms with Gasteiger partial charge in [0.25, 0.3) is 0 Å². The third-order valence-electron chi connectivity index (χ3n) is 2.95. The molecule has 0 fully saturated rings. The predicted octanol–water partition coefficient (Wildman–Crippen LogP) is 2.48. The summed E-state index contributed by atoms with van der Waals surface area (Å²) in [5.74, 6) is 0.0451. The lowest BCUT2D eigenvalue weighted by Crippen LogP contribution is -2.34. The number of nitrogens with zero attached hydrogens (tertiary/aromatic N) is 2. The van der Waals surface area contributed by atoms with Crippen LogP contribution in [0.1, 0.15) is 36.3 Å². The molecule has 5 nitrogen and oxygen atoms in total. The topological polar surface area (TPSA) is 65.5 Å². The fourth-order valence-electron chi connectivity index (χ4n) is 2.22. The number of carboxylic acids is 1. The van der Waals surface area contributed by atoms with Crippen molar-refractivity contribution in [1.82, 2.24) is 9.88 Å². The smallest absolute Gasteiger partial charge is 0.339 e. The van der Waals surface area contributed by atoms with E-state index in [0.29, 0.717) is 11.7 Å². The van der Waals surface area contributed by atoms with E-state index >= 15 is 0 Å². The van der Waals surface area contributed by atoms with Crippen molar-refractivity contribution in [2.75, 3.05) is 26.0 Å². The molecule has 20 heavy (non-hydrogen) atoms. The summed E-state index contributed by atoms with van der Waals surface area (Å²) in [5.41, 5.74) is 1.04. The molecule has 0 amide bonds. The molecule has 1 atom stereocenters. The molecular formula is C15H25N3O2. The fraction of sp³-hybridized carbons (Fsp3) is 0.600. The molecule has 0 aliphatic heterocycles. The molecule has 0 spiro atoms. The zero-order chi connectivity index (χ0) is 15.3. The molecular weight excluding hydrogens is 254 g/mol. The molecule has 1 heterocycles. The Morgan fingerprint density at radius 1 is 1.40 bits per heavy atom. The summed E-state index contributed by atoms with van der Waals surface area (Å²) >= 11 is 0. The van der Waals surface area contributed by atoms with E-state index < -0.39 is 5.97 Å². The van der Waals surface area contributed by atoms with Crippen LogP contribution in [0.3, 0.4) is 0 Å². The maximum atomic E-state index is 11.3. The van der Waals surface area contributed by atoms with Crippen LogP contribution in [0, 0.1) is 12.8 Å². The number of likely N-dealkylation sites (N-methyl/N-ethyl adjacent to an activating group) is 1. The molecule has 112 valence electrons. The SMILES string of the molecule is Cc1ccc(C(=O)O)c(NC(CC(C)C)CN(C)C)n1. The minimum atomic E-state index is -0.951. The van der Waals surface area contributed by atoms with Crippen molar-refractivity contribution in [1.29, 1.82) is 0 Å². The average Bonchev–Trinajstić information content (AvgIpc) is 2.26. The van der Waals surface area contributed by atoms with Gasteiger partial charge in [0.1, 0.15) is 11.4 Å². The minimum Gasteiger partial charge on any atom is -0.478 e. The Bertz CT molecular complexity index is 448. The minimum absolute atomic E-state index is 0.178. The van der Waals surface area contributed by atoms with Crippen LogP contribution >= 0.6 is 0 Å². The van der Waals surface area contributed by atoms with Crippen molar-refractivity contribution in [2.24, 2.45) is 5.92 Å². The predicted molar refractivity (Wildman–Crippen MR) is 81.4 cm³/mol. The lowest BCUT2D eigenvalue weighted by Gasteiger charge is -2.25. The number of hydrogen-bond donors (Lipinski definition) is 2. The summed E-state index contributed by atoms with van der Waals surface area (Å²) in [4.78, 5) is 17.7. The van der Waals surface area contributed by atoms with Gasteiger partial charge in [-0.1, -0.05) is 13.8 Å². The number of anilines is 1. The van der Waals surface area contributed by atoms with E-state index in [-0.39, 0.29) is 11.6 Å². The Kier molecular flexibility index (Phi) is 5.95. The number of aromatic carboxylic acids is 1. The second kappa shape index (κ2) is 7.24. The molecule has 0 bridgehead atoms. The summed E-state index contributed by atoms with van der Waals surface area (Å²) in [7, 11) is 4.02. The number of nitrogens with one attached hydrogen (secondary N) is 1. The van der Waals surface area contributed by atoms with Crippen LogP contribution in [0.5, 0.6) is 0 Å². The summed E-state index contributed by atoms with van der Waals surface area (Å²) in [6.07, 6.45) is 0.965. The Hall–Kier alpha value is -1.62. The molecule has 0 aliphatic rings. The van der Waals surface area contributed by atoms with Crippen LogP contribution < -0.4 is 5.32 Å². The summed E-state index contributed by atoms with van der Waals surface area (Å²) in [6, 6.07) is 3.50. The van der Waals surface area contributed by atoms with Crippen molar-refractivity contribution in [2.45, 2.75) is 33.2 Å². The largest absolute Gasteiger partial charge is 0.478 e. The highest BCUT2D eigenvalue weighted by molar-refractivity contribution is 5.93. The Morgan fingerprint density at radius 3 is 2.55 bits per heavy atom. The Balaban J connectivity index is 2.96. The molecule has 1 rings (SSSR count). The van der Waals surface area contributed by atoms with E-state index in [4.69, 9.17) is 0 Å². The summed E-state index contributed by atoms with van der Waals surface area (Å²) < 4.78 is 0. The third kappa shape index (κ3) is 5.17.